The Hall–Kier alpha value is -2.69. The molecule has 0 aliphatic carbocycles. The number of rotatable bonds is 2. The first-order valence-electron chi connectivity index (χ1n) is 8.63. The number of hydrazone groups is 1. The lowest BCUT2D eigenvalue weighted by molar-refractivity contribution is 0.659. The molecular weight excluding hydrogens is 298 g/mol. The third kappa shape index (κ3) is 2.89. The number of hydrogen-bond acceptors (Lipinski definition) is 3. The van der Waals surface area contributed by atoms with Gasteiger partial charge in [0.1, 0.15) is 0 Å². The number of hydrazine groups is 1. The molecule has 0 spiro atoms. The molecule has 0 radical (unpaired) electrons. The van der Waals surface area contributed by atoms with Crippen LogP contribution in [0.2, 0.25) is 0 Å². The van der Waals surface area contributed by atoms with Crippen molar-refractivity contribution in [2.24, 2.45) is 10.8 Å². The van der Waals surface area contributed by atoms with Crippen LogP contribution in [0, 0.1) is 0 Å². The number of benzene rings is 2. The molecule has 0 amide bonds. The average Bonchev–Trinajstić information content (AvgIpc) is 2.62. The molecule has 2 aromatic rings. The highest BCUT2D eigenvalue weighted by atomic mass is 15.6. The van der Waals surface area contributed by atoms with Crippen LogP contribution in [0.4, 0.5) is 11.4 Å². The molecule has 0 atom stereocenters. The Kier molecular flexibility index (Phi) is 3.99. The summed E-state index contributed by atoms with van der Waals surface area (Å²) in [4.78, 5) is 0. The lowest BCUT2D eigenvalue weighted by Crippen LogP contribution is -2.49. The van der Waals surface area contributed by atoms with Gasteiger partial charge in [0.05, 0.1) is 11.4 Å². The number of hydrogen-bond donors (Lipinski definition) is 2. The molecule has 24 heavy (non-hydrogen) atoms. The molecular formula is C19H23N5. The molecule has 0 aromatic heterocycles. The van der Waals surface area contributed by atoms with E-state index in [1.165, 1.54) is 16.8 Å². The van der Waals surface area contributed by atoms with Crippen LogP contribution in [0.5, 0.6) is 0 Å². The van der Waals surface area contributed by atoms with Crippen molar-refractivity contribution in [3.8, 4) is 0 Å². The predicted molar refractivity (Wildman–Crippen MR) is 99.0 cm³/mol. The van der Waals surface area contributed by atoms with Crippen molar-refractivity contribution in [2.45, 2.75) is 25.7 Å². The maximum atomic E-state index is 6.21. The van der Waals surface area contributed by atoms with Crippen molar-refractivity contribution in [1.29, 1.82) is 0 Å². The second-order valence-electron chi connectivity index (χ2n) is 6.34. The first-order valence-corrected chi connectivity index (χ1v) is 8.63. The standard InChI is InChI=1S/C19H23N5/c20-19(21-23-13-5-9-15-7-1-3-11-17(15)23)22-24-14-6-10-16-8-2-4-12-18(16)24/h1-4,7-8,11-12H,5-6,9-10,13-14H2,(H3,20,21,22). The highest BCUT2D eigenvalue weighted by molar-refractivity contribution is 5.81. The Labute approximate surface area is 142 Å². The number of fused-ring (bicyclic) bond motifs is 2. The van der Waals surface area contributed by atoms with E-state index < -0.39 is 0 Å². The smallest absolute Gasteiger partial charge is 0.230 e. The SMILES string of the molecule is N/C(=N\N1CCCc2ccccc21)NN1CCCc2ccccc21. The minimum atomic E-state index is 0.434. The van der Waals surface area contributed by atoms with Crippen LogP contribution < -0.4 is 21.2 Å². The number of aryl methyl sites for hydroxylation is 2. The molecule has 4 rings (SSSR count). The molecule has 124 valence electrons. The van der Waals surface area contributed by atoms with E-state index in [1.807, 2.05) is 5.01 Å². The topological polar surface area (TPSA) is 56.9 Å². The first-order chi connectivity index (χ1) is 11.8. The summed E-state index contributed by atoms with van der Waals surface area (Å²) in [5, 5.41) is 8.73. The van der Waals surface area contributed by atoms with Crippen LogP contribution in [-0.4, -0.2) is 19.0 Å². The zero-order chi connectivity index (χ0) is 16.4. The second-order valence-corrected chi connectivity index (χ2v) is 6.34. The van der Waals surface area contributed by atoms with Crippen LogP contribution >= 0.6 is 0 Å². The van der Waals surface area contributed by atoms with E-state index >= 15 is 0 Å². The monoisotopic (exact) mass is 321 g/mol. The van der Waals surface area contributed by atoms with Gasteiger partial charge in [-0.3, -0.25) is 15.4 Å². The van der Waals surface area contributed by atoms with Gasteiger partial charge in [0.15, 0.2) is 0 Å². The van der Waals surface area contributed by atoms with Crippen LogP contribution in [0.1, 0.15) is 24.0 Å². The molecule has 0 bridgehead atoms. The maximum Gasteiger partial charge on any atom is 0.230 e. The number of anilines is 2. The third-order valence-corrected chi connectivity index (χ3v) is 4.67. The summed E-state index contributed by atoms with van der Waals surface area (Å²) in [6.45, 7) is 1.83. The summed E-state index contributed by atoms with van der Waals surface area (Å²) >= 11 is 0. The lowest BCUT2D eigenvalue weighted by atomic mass is 10.0. The Morgan fingerprint density at radius 3 is 2.29 bits per heavy atom. The number of guanidine groups is 1. The van der Waals surface area contributed by atoms with E-state index in [0.717, 1.165) is 44.5 Å². The molecule has 2 aliphatic heterocycles. The molecule has 0 fully saturated rings. The lowest BCUT2D eigenvalue weighted by Gasteiger charge is -2.32. The molecule has 5 nitrogen and oxygen atoms in total. The van der Waals surface area contributed by atoms with Gasteiger partial charge < -0.3 is 5.73 Å². The molecule has 2 aromatic carbocycles. The van der Waals surface area contributed by atoms with E-state index in [2.05, 4.69) is 64.1 Å². The largest absolute Gasteiger partial charge is 0.367 e. The molecule has 0 unspecified atom stereocenters. The maximum absolute atomic E-state index is 6.21. The number of nitrogens with zero attached hydrogens (tertiary/aromatic N) is 3. The highest BCUT2D eigenvalue weighted by Crippen LogP contribution is 2.27. The summed E-state index contributed by atoms with van der Waals surface area (Å²) in [5.74, 6) is 0.434. The van der Waals surface area contributed by atoms with Gasteiger partial charge in [0, 0.05) is 13.1 Å². The van der Waals surface area contributed by atoms with Crippen LogP contribution in [0.3, 0.4) is 0 Å². The molecule has 2 heterocycles. The van der Waals surface area contributed by atoms with Gasteiger partial charge in [-0.2, -0.15) is 0 Å². The van der Waals surface area contributed by atoms with Crippen molar-refractivity contribution >= 4 is 17.3 Å². The minimum Gasteiger partial charge on any atom is -0.367 e. The Balaban J connectivity index is 1.53. The molecule has 3 N–H and O–H groups in total. The zero-order valence-electron chi connectivity index (χ0n) is 13.8. The quantitative estimate of drug-likeness (QED) is 0.659. The zero-order valence-corrected chi connectivity index (χ0v) is 13.8. The first kappa shape index (κ1) is 14.9. The average molecular weight is 321 g/mol. The fourth-order valence-corrected chi connectivity index (χ4v) is 3.56. The Bertz CT molecular complexity index is 755. The van der Waals surface area contributed by atoms with Gasteiger partial charge >= 0.3 is 0 Å². The number of nitrogens with one attached hydrogen (secondary N) is 1. The normalized spacial score (nSPS) is 17.2. The minimum absolute atomic E-state index is 0.434. The van der Waals surface area contributed by atoms with Gasteiger partial charge in [0.25, 0.3) is 0 Å². The van der Waals surface area contributed by atoms with Crippen molar-refractivity contribution in [3.05, 3.63) is 59.7 Å². The van der Waals surface area contributed by atoms with Crippen LogP contribution in [-0.2, 0) is 12.8 Å². The van der Waals surface area contributed by atoms with Crippen molar-refractivity contribution in [3.63, 3.8) is 0 Å². The summed E-state index contributed by atoms with van der Waals surface area (Å²) in [7, 11) is 0. The fourth-order valence-electron chi connectivity index (χ4n) is 3.56. The van der Waals surface area contributed by atoms with Crippen molar-refractivity contribution in [1.82, 2.24) is 5.43 Å². The van der Waals surface area contributed by atoms with E-state index in [9.17, 15) is 0 Å². The molecule has 2 aliphatic rings. The third-order valence-electron chi connectivity index (χ3n) is 4.67. The Morgan fingerprint density at radius 1 is 0.875 bits per heavy atom. The summed E-state index contributed by atoms with van der Waals surface area (Å²) in [6, 6.07) is 16.9. The van der Waals surface area contributed by atoms with Crippen molar-refractivity contribution < 1.29 is 0 Å². The van der Waals surface area contributed by atoms with E-state index in [0.29, 0.717) is 5.96 Å². The number of para-hydroxylation sites is 2. The fraction of sp³-hybridized carbons (Fsp3) is 0.316. The van der Waals surface area contributed by atoms with Gasteiger partial charge in [-0.25, -0.2) is 0 Å². The van der Waals surface area contributed by atoms with Gasteiger partial charge in [-0.05, 0) is 48.9 Å². The van der Waals surface area contributed by atoms with Crippen LogP contribution in [0.15, 0.2) is 53.6 Å². The summed E-state index contributed by atoms with van der Waals surface area (Å²) in [5.41, 5.74) is 14.5. The molecule has 0 saturated carbocycles. The van der Waals surface area contributed by atoms with Gasteiger partial charge in [-0.15, -0.1) is 5.10 Å². The summed E-state index contributed by atoms with van der Waals surface area (Å²) in [6.07, 6.45) is 4.43. The summed E-state index contributed by atoms with van der Waals surface area (Å²) < 4.78 is 0. The van der Waals surface area contributed by atoms with E-state index in [4.69, 9.17) is 5.73 Å². The van der Waals surface area contributed by atoms with Crippen molar-refractivity contribution in [2.75, 3.05) is 23.1 Å². The van der Waals surface area contributed by atoms with E-state index in [1.54, 1.807) is 0 Å². The van der Waals surface area contributed by atoms with E-state index in [-0.39, 0.29) is 0 Å². The van der Waals surface area contributed by atoms with Gasteiger partial charge in [0.2, 0.25) is 5.96 Å². The molecule has 0 saturated heterocycles. The Morgan fingerprint density at radius 2 is 1.50 bits per heavy atom. The van der Waals surface area contributed by atoms with Gasteiger partial charge in [-0.1, -0.05) is 36.4 Å². The molecule has 5 heteroatoms. The highest BCUT2D eigenvalue weighted by Gasteiger charge is 2.19. The predicted octanol–water partition coefficient (Wildman–Crippen LogP) is 2.63. The van der Waals surface area contributed by atoms with Crippen LogP contribution in [0.25, 0.3) is 0 Å². The number of nitrogens with two attached hydrogens (primary N) is 1. The second kappa shape index (κ2) is 6.43.